The predicted octanol–water partition coefficient (Wildman–Crippen LogP) is 3.77. The number of thioether (sulfide) groups is 1. The topological polar surface area (TPSA) is 21.3 Å². The van der Waals surface area contributed by atoms with E-state index >= 15 is 0 Å². The Morgan fingerprint density at radius 3 is 2.84 bits per heavy atom. The molecule has 19 heavy (non-hydrogen) atoms. The molecule has 0 aromatic heterocycles. The van der Waals surface area contributed by atoms with E-state index in [1.165, 1.54) is 0 Å². The maximum atomic E-state index is 14.1. The van der Waals surface area contributed by atoms with Gasteiger partial charge in [-0.3, -0.25) is 0 Å². The second-order valence-electron chi connectivity index (χ2n) is 4.87. The van der Waals surface area contributed by atoms with Gasteiger partial charge in [0.05, 0.1) is 0 Å². The van der Waals surface area contributed by atoms with Gasteiger partial charge in [-0.1, -0.05) is 19.1 Å². The van der Waals surface area contributed by atoms with Crippen molar-refractivity contribution in [3.05, 3.63) is 29.6 Å². The van der Waals surface area contributed by atoms with E-state index in [1.807, 2.05) is 6.07 Å². The molecule has 4 heteroatoms. The largest absolute Gasteiger partial charge is 0.381 e. The van der Waals surface area contributed by atoms with Gasteiger partial charge in [0.1, 0.15) is 5.82 Å². The van der Waals surface area contributed by atoms with Gasteiger partial charge in [-0.05, 0) is 37.9 Å². The van der Waals surface area contributed by atoms with Crippen LogP contribution in [0.1, 0.15) is 38.3 Å². The molecular formula is C15H22FNOS. The van der Waals surface area contributed by atoms with Gasteiger partial charge in [0.2, 0.25) is 0 Å². The standard InChI is InChI=1S/C15H22FNOS/c1-3-17-11(2)13-5-4-6-14(16)15(13)19-12-7-9-18-10-8-12/h4-6,11-12,17H,3,7-10H2,1-2H3. The molecule has 1 fully saturated rings. The number of benzene rings is 1. The van der Waals surface area contributed by atoms with Crippen molar-refractivity contribution < 1.29 is 9.13 Å². The maximum Gasteiger partial charge on any atom is 0.137 e. The van der Waals surface area contributed by atoms with Crippen LogP contribution >= 0.6 is 11.8 Å². The van der Waals surface area contributed by atoms with E-state index in [0.717, 1.165) is 43.1 Å². The summed E-state index contributed by atoms with van der Waals surface area (Å²) in [4.78, 5) is 0.808. The molecule has 0 amide bonds. The molecule has 106 valence electrons. The van der Waals surface area contributed by atoms with Gasteiger partial charge in [-0.2, -0.15) is 0 Å². The lowest BCUT2D eigenvalue weighted by molar-refractivity contribution is 0.1000. The Labute approximate surface area is 119 Å². The fourth-order valence-electron chi connectivity index (χ4n) is 2.37. The molecule has 1 N–H and O–H groups in total. The number of hydrogen-bond donors (Lipinski definition) is 1. The first-order valence-corrected chi connectivity index (χ1v) is 7.86. The van der Waals surface area contributed by atoms with Crippen molar-refractivity contribution in [3.63, 3.8) is 0 Å². The predicted molar refractivity (Wildman–Crippen MR) is 78.2 cm³/mol. The molecule has 1 unspecified atom stereocenters. The Morgan fingerprint density at radius 1 is 1.42 bits per heavy atom. The summed E-state index contributed by atoms with van der Waals surface area (Å²) in [5.74, 6) is -0.0984. The van der Waals surface area contributed by atoms with E-state index in [4.69, 9.17) is 4.74 Å². The number of rotatable bonds is 5. The van der Waals surface area contributed by atoms with Crippen LogP contribution in [0.4, 0.5) is 4.39 Å². The second kappa shape index (κ2) is 7.27. The molecule has 0 spiro atoms. The quantitative estimate of drug-likeness (QED) is 0.889. The summed E-state index contributed by atoms with van der Waals surface area (Å²) in [5, 5.41) is 3.83. The van der Waals surface area contributed by atoms with E-state index in [0.29, 0.717) is 5.25 Å². The van der Waals surface area contributed by atoms with Gasteiger partial charge in [0.15, 0.2) is 0 Å². The van der Waals surface area contributed by atoms with E-state index in [-0.39, 0.29) is 11.9 Å². The van der Waals surface area contributed by atoms with Gasteiger partial charge in [0, 0.05) is 29.4 Å². The lowest BCUT2D eigenvalue weighted by Crippen LogP contribution is -2.20. The highest BCUT2D eigenvalue weighted by Crippen LogP contribution is 2.36. The minimum atomic E-state index is -0.0984. The highest BCUT2D eigenvalue weighted by molar-refractivity contribution is 8.00. The van der Waals surface area contributed by atoms with Crippen molar-refractivity contribution in [3.8, 4) is 0 Å². The van der Waals surface area contributed by atoms with Crippen molar-refractivity contribution in [2.75, 3.05) is 19.8 Å². The van der Waals surface area contributed by atoms with E-state index in [9.17, 15) is 4.39 Å². The molecule has 0 saturated carbocycles. The number of nitrogens with one attached hydrogen (secondary N) is 1. The van der Waals surface area contributed by atoms with E-state index in [1.54, 1.807) is 23.9 Å². The molecule has 1 saturated heterocycles. The molecule has 1 aromatic carbocycles. The zero-order valence-corrected chi connectivity index (χ0v) is 12.4. The van der Waals surface area contributed by atoms with E-state index < -0.39 is 0 Å². The average molecular weight is 283 g/mol. The van der Waals surface area contributed by atoms with Crippen LogP contribution in [0.3, 0.4) is 0 Å². The maximum absolute atomic E-state index is 14.1. The SMILES string of the molecule is CCNC(C)c1cccc(F)c1SC1CCOCC1. The highest BCUT2D eigenvalue weighted by atomic mass is 32.2. The van der Waals surface area contributed by atoms with Gasteiger partial charge < -0.3 is 10.1 Å². The average Bonchev–Trinajstić information content (AvgIpc) is 2.42. The first kappa shape index (κ1) is 14.8. The number of halogens is 1. The Hall–Kier alpha value is -0.580. The molecule has 1 aliphatic heterocycles. The smallest absolute Gasteiger partial charge is 0.137 e. The van der Waals surface area contributed by atoms with Crippen LogP contribution in [-0.2, 0) is 4.74 Å². The lowest BCUT2D eigenvalue weighted by Gasteiger charge is -2.24. The summed E-state index contributed by atoms with van der Waals surface area (Å²) in [7, 11) is 0. The Morgan fingerprint density at radius 2 is 2.16 bits per heavy atom. The Kier molecular flexibility index (Phi) is 5.67. The summed E-state index contributed by atoms with van der Waals surface area (Å²) in [6.45, 7) is 6.64. The van der Waals surface area contributed by atoms with Gasteiger partial charge in [-0.25, -0.2) is 4.39 Å². The van der Waals surface area contributed by atoms with Gasteiger partial charge in [0.25, 0.3) is 0 Å². The normalized spacial score (nSPS) is 18.5. The second-order valence-corrected chi connectivity index (χ2v) is 6.18. The molecule has 1 aliphatic rings. The van der Waals surface area contributed by atoms with Crippen LogP contribution in [-0.4, -0.2) is 25.0 Å². The molecule has 2 rings (SSSR count). The van der Waals surface area contributed by atoms with Crippen LogP contribution in [0.15, 0.2) is 23.1 Å². The van der Waals surface area contributed by atoms with Crippen LogP contribution in [0.25, 0.3) is 0 Å². The minimum absolute atomic E-state index is 0.0984. The third-order valence-electron chi connectivity index (χ3n) is 3.43. The summed E-state index contributed by atoms with van der Waals surface area (Å²) in [5.41, 5.74) is 1.07. The molecule has 1 atom stereocenters. The van der Waals surface area contributed by atoms with Crippen LogP contribution in [0.2, 0.25) is 0 Å². The summed E-state index contributed by atoms with van der Waals surface area (Å²) in [6, 6.07) is 5.57. The number of ether oxygens (including phenoxy) is 1. The van der Waals surface area contributed by atoms with Crippen LogP contribution in [0, 0.1) is 5.82 Å². The third-order valence-corrected chi connectivity index (χ3v) is 4.90. The molecule has 1 aromatic rings. The zero-order chi connectivity index (χ0) is 13.7. The van der Waals surface area contributed by atoms with Crippen molar-refractivity contribution in [1.82, 2.24) is 5.32 Å². The molecule has 0 aliphatic carbocycles. The van der Waals surface area contributed by atoms with Crippen LogP contribution in [0.5, 0.6) is 0 Å². The molecule has 0 bridgehead atoms. The van der Waals surface area contributed by atoms with Gasteiger partial charge >= 0.3 is 0 Å². The molecule has 0 radical (unpaired) electrons. The molecular weight excluding hydrogens is 261 g/mol. The lowest BCUT2D eigenvalue weighted by atomic mass is 10.1. The summed E-state index contributed by atoms with van der Waals surface area (Å²) in [6.07, 6.45) is 2.02. The number of hydrogen-bond acceptors (Lipinski definition) is 3. The van der Waals surface area contributed by atoms with Crippen molar-refractivity contribution >= 4 is 11.8 Å². The van der Waals surface area contributed by atoms with Crippen molar-refractivity contribution in [2.45, 2.75) is 42.9 Å². The zero-order valence-electron chi connectivity index (χ0n) is 11.6. The van der Waals surface area contributed by atoms with Crippen molar-refractivity contribution in [1.29, 1.82) is 0 Å². The minimum Gasteiger partial charge on any atom is -0.381 e. The molecule has 1 heterocycles. The summed E-state index contributed by atoms with van der Waals surface area (Å²) >= 11 is 1.68. The fraction of sp³-hybridized carbons (Fsp3) is 0.600. The fourth-order valence-corrected chi connectivity index (χ4v) is 3.69. The highest BCUT2D eigenvalue weighted by Gasteiger charge is 2.20. The monoisotopic (exact) mass is 283 g/mol. The first-order chi connectivity index (χ1) is 9.22. The Bertz CT molecular complexity index is 407. The first-order valence-electron chi connectivity index (χ1n) is 6.98. The van der Waals surface area contributed by atoms with Crippen LogP contribution < -0.4 is 5.32 Å². The molecule has 2 nitrogen and oxygen atoms in total. The van der Waals surface area contributed by atoms with Gasteiger partial charge in [-0.15, -0.1) is 11.8 Å². The van der Waals surface area contributed by atoms with E-state index in [2.05, 4.69) is 19.2 Å². The summed E-state index contributed by atoms with van der Waals surface area (Å²) < 4.78 is 19.5. The third kappa shape index (κ3) is 3.94. The van der Waals surface area contributed by atoms with Crippen molar-refractivity contribution in [2.24, 2.45) is 0 Å². The Balaban J connectivity index is 2.16.